The summed E-state index contributed by atoms with van der Waals surface area (Å²) < 4.78 is 0. The average molecular weight is 492 g/mol. The molecule has 0 saturated heterocycles. The summed E-state index contributed by atoms with van der Waals surface area (Å²) in [6.45, 7) is 2.07. The molecular weight excluding hydrogens is 469 g/mol. The van der Waals surface area contributed by atoms with Crippen LogP contribution < -0.4 is 10.6 Å². The van der Waals surface area contributed by atoms with Crippen molar-refractivity contribution in [1.29, 1.82) is 0 Å². The van der Waals surface area contributed by atoms with Crippen LogP contribution in [-0.2, 0) is 16.0 Å². The summed E-state index contributed by atoms with van der Waals surface area (Å²) in [7, 11) is 0. The molecule has 2 aliphatic heterocycles. The van der Waals surface area contributed by atoms with Crippen molar-refractivity contribution in [2.24, 2.45) is 4.99 Å². The van der Waals surface area contributed by atoms with Gasteiger partial charge in [0.05, 0.1) is 17.3 Å². The van der Waals surface area contributed by atoms with Gasteiger partial charge in [-0.05, 0) is 53.9 Å². The van der Waals surface area contributed by atoms with Gasteiger partial charge in [0.1, 0.15) is 6.04 Å². The van der Waals surface area contributed by atoms with Gasteiger partial charge in [-0.15, -0.1) is 0 Å². The molecule has 0 fully saturated rings. The summed E-state index contributed by atoms with van der Waals surface area (Å²) in [5, 5.41) is 7.21. The van der Waals surface area contributed by atoms with Gasteiger partial charge in [-0.25, -0.2) is 0 Å². The number of amides is 2. The molecule has 2 amide bonds. The van der Waals surface area contributed by atoms with Gasteiger partial charge in [0.25, 0.3) is 0 Å². The fraction of sp³-hybridized carbons (Fsp3) is 0.222. The lowest BCUT2D eigenvalue weighted by atomic mass is 9.93. The topological polar surface area (TPSA) is 70.6 Å². The number of carbonyl (C=O) groups is 2. The number of rotatable bonds is 5. The number of nitrogens with zero attached hydrogens (tertiary/aromatic N) is 1. The van der Waals surface area contributed by atoms with Gasteiger partial charge in [0, 0.05) is 33.3 Å². The predicted octanol–water partition coefficient (Wildman–Crippen LogP) is 6.23. The van der Waals surface area contributed by atoms with Gasteiger partial charge < -0.3 is 10.6 Å². The lowest BCUT2D eigenvalue weighted by Gasteiger charge is -2.13. The maximum absolute atomic E-state index is 13.1. The normalized spacial score (nSPS) is 19.0. The maximum Gasteiger partial charge on any atom is 0.249 e. The van der Waals surface area contributed by atoms with Crippen LogP contribution >= 0.6 is 23.2 Å². The number of nitrogens with one attached hydrogen (secondary N) is 2. The molecule has 5 rings (SSSR count). The first-order valence-electron chi connectivity index (χ1n) is 11.3. The summed E-state index contributed by atoms with van der Waals surface area (Å²) >= 11 is 12.4. The van der Waals surface area contributed by atoms with Gasteiger partial charge in [0.15, 0.2) is 0 Å². The lowest BCUT2D eigenvalue weighted by Crippen LogP contribution is -2.27. The standard InChI is InChI=1S/C27H23Cl2N3O2/c1-2-3-20-19-10-6-16(13-23(19)32-26(20)33)25-21-14-18(29)9-11-22(21)31-27(34)24(30-25)12-15-4-7-17(28)8-5-15/h4-11,13-14,20,24H,2-3,12H2,1H3,(H,31,34)(H,32,33). The van der Waals surface area contributed by atoms with E-state index in [1.54, 1.807) is 24.3 Å². The Morgan fingerprint density at radius 3 is 2.35 bits per heavy atom. The molecule has 0 saturated carbocycles. The molecule has 5 nitrogen and oxygen atoms in total. The first-order chi connectivity index (χ1) is 16.4. The summed E-state index contributed by atoms with van der Waals surface area (Å²) in [4.78, 5) is 30.6. The third-order valence-corrected chi connectivity index (χ3v) is 6.77. The zero-order valence-corrected chi connectivity index (χ0v) is 20.1. The Hall–Kier alpha value is -3.15. The maximum atomic E-state index is 13.1. The van der Waals surface area contributed by atoms with Gasteiger partial charge in [-0.3, -0.25) is 14.6 Å². The number of fused-ring (bicyclic) bond motifs is 2. The molecular formula is C27H23Cl2N3O2. The van der Waals surface area contributed by atoms with E-state index in [0.29, 0.717) is 27.9 Å². The highest BCUT2D eigenvalue weighted by Crippen LogP contribution is 2.37. The number of hydrogen-bond acceptors (Lipinski definition) is 3. The van der Waals surface area contributed by atoms with E-state index in [1.807, 2.05) is 36.4 Å². The molecule has 34 heavy (non-hydrogen) atoms. The van der Waals surface area contributed by atoms with E-state index in [1.165, 1.54) is 0 Å². The Morgan fingerprint density at radius 2 is 1.59 bits per heavy atom. The van der Waals surface area contributed by atoms with E-state index >= 15 is 0 Å². The second kappa shape index (κ2) is 9.24. The molecule has 0 bridgehead atoms. The number of hydrogen-bond donors (Lipinski definition) is 2. The Morgan fingerprint density at radius 1 is 0.853 bits per heavy atom. The third-order valence-electron chi connectivity index (χ3n) is 6.28. The van der Waals surface area contributed by atoms with Crippen LogP contribution in [0, 0.1) is 0 Å². The minimum absolute atomic E-state index is 0.0257. The molecule has 2 N–H and O–H groups in total. The van der Waals surface area contributed by atoms with E-state index < -0.39 is 6.04 Å². The number of anilines is 2. The molecule has 0 aliphatic carbocycles. The Bertz CT molecular complexity index is 1320. The smallest absolute Gasteiger partial charge is 0.249 e. The molecule has 3 aromatic carbocycles. The molecule has 0 radical (unpaired) electrons. The fourth-order valence-corrected chi connectivity index (χ4v) is 4.88. The Kier molecular flexibility index (Phi) is 6.15. The van der Waals surface area contributed by atoms with E-state index in [9.17, 15) is 9.59 Å². The van der Waals surface area contributed by atoms with Crippen molar-refractivity contribution in [3.63, 3.8) is 0 Å². The van der Waals surface area contributed by atoms with Crippen LogP contribution in [0.4, 0.5) is 11.4 Å². The molecule has 2 aliphatic rings. The number of carbonyl (C=O) groups excluding carboxylic acids is 2. The zero-order chi connectivity index (χ0) is 23.8. The van der Waals surface area contributed by atoms with Gasteiger partial charge in [0.2, 0.25) is 11.8 Å². The molecule has 0 aromatic heterocycles. The Balaban J connectivity index is 1.59. The van der Waals surface area contributed by atoms with Crippen LogP contribution in [-0.4, -0.2) is 23.6 Å². The summed E-state index contributed by atoms with van der Waals surface area (Å²) in [5.74, 6) is -0.295. The number of aliphatic imine (C=N–C) groups is 1. The largest absolute Gasteiger partial charge is 0.325 e. The predicted molar refractivity (Wildman–Crippen MR) is 137 cm³/mol. The summed E-state index contributed by atoms with van der Waals surface area (Å²) in [5.41, 5.74) is 5.63. The highest BCUT2D eigenvalue weighted by Gasteiger charge is 2.31. The highest BCUT2D eigenvalue weighted by atomic mass is 35.5. The van der Waals surface area contributed by atoms with Gasteiger partial charge >= 0.3 is 0 Å². The molecule has 0 spiro atoms. The fourth-order valence-electron chi connectivity index (χ4n) is 4.59. The second-order valence-electron chi connectivity index (χ2n) is 8.64. The van der Waals surface area contributed by atoms with Crippen molar-refractivity contribution >= 4 is 52.1 Å². The molecule has 2 unspecified atom stereocenters. The molecule has 3 aromatic rings. The quantitative estimate of drug-likeness (QED) is 0.443. The minimum atomic E-state index is -0.641. The van der Waals surface area contributed by atoms with Crippen molar-refractivity contribution in [2.75, 3.05) is 10.6 Å². The van der Waals surface area contributed by atoms with Crippen LogP contribution in [0.3, 0.4) is 0 Å². The molecule has 172 valence electrons. The number of benzodiazepines with no additional fused rings is 1. The van der Waals surface area contributed by atoms with Crippen molar-refractivity contribution < 1.29 is 9.59 Å². The van der Waals surface area contributed by atoms with E-state index in [-0.39, 0.29) is 17.7 Å². The van der Waals surface area contributed by atoms with E-state index in [2.05, 4.69) is 17.6 Å². The van der Waals surface area contributed by atoms with Gasteiger partial charge in [-0.2, -0.15) is 0 Å². The first kappa shape index (κ1) is 22.6. The SMILES string of the molecule is CCCC1C(=O)Nc2cc(C3=NC(Cc4ccc(Cl)cc4)C(=O)Nc4ccc(Cl)cc43)ccc21. The minimum Gasteiger partial charge on any atom is -0.325 e. The van der Waals surface area contributed by atoms with Crippen molar-refractivity contribution in [3.05, 3.63) is 93.0 Å². The highest BCUT2D eigenvalue weighted by molar-refractivity contribution is 6.32. The van der Waals surface area contributed by atoms with Crippen molar-refractivity contribution in [3.8, 4) is 0 Å². The van der Waals surface area contributed by atoms with Crippen LogP contribution in [0.1, 0.15) is 47.9 Å². The van der Waals surface area contributed by atoms with Crippen LogP contribution in [0.15, 0.2) is 65.7 Å². The van der Waals surface area contributed by atoms with Crippen LogP contribution in [0.2, 0.25) is 10.0 Å². The molecule has 7 heteroatoms. The van der Waals surface area contributed by atoms with Crippen LogP contribution in [0.25, 0.3) is 0 Å². The van der Waals surface area contributed by atoms with Crippen molar-refractivity contribution in [1.82, 2.24) is 0 Å². The summed E-state index contributed by atoms with van der Waals surface area (Å²) in [6.07, 6.45) is 2.16. The zero-order valence-electron chi connectivity index (χ0n) is 18.6. The molecule has 2 heterocycles. The van der Waals surface area contributed by atoms with Crippen LogP contribution in [0.5, 0.6) is 0 Å². The molecule has 2 atom stereocenters. The Labute approximate surface area is 208 Å². The first-order valence-corrected chi connectivity index (χ1v) is 12.1. The third kappa shape index (κ3) is 4.33. The number of halogens is 2. The van der Waals surface area contributed by atoms with Gasteiger partial charge in [-0.1, -0.05) is 60.8 Å². The number of benzene rings is 3. The average Bonchev–Trinajstić information content (AvgIpc) is 3.06. The second-order valence-corrected chi connectivity index (χ2v) is 9.51. The van der Waals surface area contributed by atoms with E-state index in [0.717, 1.165) is 40.8 Å². The van der Waals surface area contributed by atoms with E-state index in [4.69, 9.17) is 28.2 Å². The van der Waals surface area contributed by atoms with Crippen molar-refractivity contribution in [2.45, 2.75) is 38.1 Å². The lowest BCUT2D eigenvalue weighted by molar-refractivity contribution is -0.118. The monoisotopic (exact) mass is 491 g/mol. The summed E-state index contributed by atoms with van der Waals surface area (Å²) in [6, 6.07) is 18.0.